The van der Waals surface area contributed by atoms with E-state index in [4.69, 9.17) is 25.8 Å². The summed E-state index contributed by atoms with van der Waals surface area (Å²) < 4.78 is 16.1. The molecule has 0 saturated heterocycles. The van der Waals surface area contributed by atoms with E-state index in [0.717, 1.165) is 5.56 Å². The van der Waals surface area contributed by atoms with Crippen molar-refractivity contribution in [1.29, 1.82) is 0 Å². The van der Waals surface area contributed by atoms with Crippen LogP contribution in [0.15, 0.2) is 54.6 Å². The molecular formula is C23H15ClO6. The summed E-state index contributed by atoms with van der Waals surface area (Å²) in [4.78, 5) is 25.2. The molecule has 0 radical (unpaired) electrons. The van der Waals surface area contributed by atoms with E-state index in [9.17, 15) is 14.7 Å². The van der Waals surface area contributed by atoms with Gasteiger partial charge in [0.1, 0.15) is 11.5 Å². The lowest BCUT2D eigenvalue weighted by molar-refractivity contribution is -0.135. The van der Waals surface area contributed by atoms with Gasteiger partial charge in [0.15, 0.2) is 17.3 Å². The number of hydrogen-bond acceptors (Lipinski definition) is 6. The average Bonchev–Trinajstić information content (AvgIpc) is 3.21. The summed E-state index contributed by atoms with van der Waals surface area (Å²) in [6, 6.07) is 14.8. The molecule has 0 saturated carbocycles. The van der Waals surface area contributed by atoms with Gasteiger partial charge in [0.05, 0.1) is 12.0 Å². The third-order valence-corrected chi connectivity index (χ3v) is 5.52. The summed E-state index contributed by atoms with van der Waals surface area (Å²) in [5.41, 5.74) is 1.67. The van der Waals surface area contributed by atoms with Crippen LogP contribution in [0.5, 0.6) is 23.0 Å². The number of carbonyl (C=O) groups excluding carboxylic acids is 2. The highest BCUT2D eigenvalue weighted by molar-refractivity contribution is 6.30. The second-order valence-corrected chi connectivity index (χ2v) is 7.49. The third-order valence-electron chi connectivity index (χ3n) is 5.27. The van der Waals surface area contributed by atoms with Crippen molar-refractivity contribution in [2.24, 2.45) is 0 Å². The highest BCUT2D eigenvalue weighted by atomic mass is 35.5. The second kappa shape index (κ2) is 7.07. The van der Waals surface area contributed by atoms with E-state index in [1.165, 1.54) is 12.1 Å². The van der Waals surface area contributed by atoms with Gasteiger partial charge in [0.25, 0.3) is 0 Å². The molecule has 0 aromatic heterocycles. The molecule has 0 amide bonds. The molecule has 6 nitrogen and oxygen atoms in total. The van der Waals surface area contributed by atoms with Gasteiger partial charge in [-0.2, -0.15) is 0 Å². The SMILES string of the molecule is O=C1C[C@H](c2ccc3c(c2)OCO3)c2c(ccc(C(=O)c3ccc(Cl)cc3)c2O)O1. The standard InChI is InChI=1S/C23H15ClO6/c24-14-4-1-12(2-5-14)22(26)15-6-8-18-21(23(15)27)16(10-20(25)30-18)13-3-7-17-19(9-13)29-11-28-17/h1-9,16,27H,10-11H2/t16-/m1/s1. The van der Waals surface area contributed by atoms with E-state index in [2.05, 4.69) is 0 Å². The Kier molecular flexibility index (Phi) is 4.37. The summed E-state index contributed by atoms with van der Waals surface area (Å²) in [6.07, 6.45) is 0.0266. The van der Waals surface area contributed by atoms with Crippen LogP contribution < -0.4 is 14.2 Å². The van der Waals surface area contributed by atoms with E-state index in [-0.39, 0.29) is 36.1 Å². The Morgan fingerprint density at radius 2 is 1.70 bits per heavy atom. The van der Waals surface area contributed by atoms with Crippen LogP contribution in [0.3, 0.4) is 0 Å². The van der Waals surface area contributed by atoms with Crippen molar-refractivity contribution in [2.75, 3.05) is 6.79 Å². The minimum absolute atomic E-state index is 0.0266. The number of phenols is 1. The predicted molar refractivity (Wildman–Crippen MR) is 108 cm³/mol. The Labute approximate surface area is 176 Å². The number of fused-ring (bicyclic) bond motifs is 2. The van der Waals surface area contributed by atoms with Crippen LogP contribution in [-0.4, -0.2) is 23.7 Å². The Hall–Kier alpha value is -3.51. The van der Waals surface area contributed by atoms with Crippen molar-refractivity contribution in [1.82, 2.24) is 0 Å². The van der Waals surface area contributed by atoms with Crippen LogP contribution in [0, 0.1) is 0 Å². The topological polar surface area (TPSA) is 82.1 Å². The van der Waals surface area contributed by atoms with Gasteiger partial charge in [-0.3, -0.25) is 9.59 Å². The molecule has 7 heteroatoms. The number of aromatic hydroxyl groups is 1. The van der Waals surface area contributed by atoms with E-state index in [1.54, 1.807) is 36.4 Å². The molecule has 1 N–H and O–H groups in total. The van der Waals surface area contributed by atoms with Crippen molar-refractivity contribution >= 4 is 23.4 Å². The van der Waals surface area contributed by atoms with Gasteiger partial charge in [0.2, 0.25) is 6.79 Å². The van der Waals surface area contributed by atoms with E-state index in [0.29, 0.717) is 27.6 Å². The smallest absolute Gasteiger partial charge is 0.312 e. The first-order valence-electron chi connectivity index (χ1n) is 9.27. The Morgan fingerprint density at radius 3 is 2.50 bits per heavy atom. The maximum Gasteiger partial charge on any atom is 0.312 e. The average molecular weight is 423 g/mol. The van der Waals surface area contributed by atoms with Crippen LogP contribution in [0.25, 0.3) is 0 Å². The number of esters is 1. The summed E-state index contributed by atoms with van der Waals surface area (Å²) in [5, 5.41) is 11.5. The molecule has 2 aliphatic heterocycles. The van der Waals surface area contributed by atoms with Crippen LogP contribution in [0.1, 0.15) is 39.4 Å². The number of hydrogen-bond donors (Lipinski definition) is 1. The minimum Gasteiger partial charge on any atom is -0.507 e. The fraction of sp³-hybridized carbons (Fsp3) is 0.130. The lowest BCUT2D eigenvalue weighted by Gasteiger charge is -2.26. The Bertz CT molecular complexity index is 1190. The maximum atomic E-state index is 13.0. The molecule has 30 heavy (non-hydrogen) atoms. The van der Waals surface area contributed by atoms with Crippen LogP contribution in [0.4, 0.5) is 0 Å². The molecule has 5 rings (SSSR count). The van der Waals surface area contributed by atoms with E-state index >= 15 is 0 Å². The predicted octanol–water partition coefficient (Wildman–Crippen LogP) is 4.45. The first kappa shape index (κ1) is 18.5. The molecule has 3 aromatic carbocycles. The van der Waals surface area contributed by atoms with Crippen LogP contribution in [-0.2, 0) is 4.79 Å². The highest BCUT2D eigenvalue weighted by Gasteiger charge is 2.34. The molecule has 2 aliphatic rings. The van der Waals surface area contributed by atoms with Crippen molar-refractivity contribution < 1.29 is 28.9 Å². The zero-order valence-corrected chi connectivity index (χ0v) is 16.3. The molecule has 1 atom stereocenters. The quantitative estimate of drug-likeness (QED) is 0.381. The van der Waals surface area contributed by atoms with Gasteiger partial charge in [0, 0.05) is 22.1 Å². The second-order valence-electron chi connectivity index (χ2n) is 7.05. The number of ether oxygens (including phenoxy) is 3. The monoisotopic (exact) mass is 422 g/mol. The molecule has 0 unspecified atom stereocenters. The molecule has 150 valence electrons. The number of carbonyl (C=O) groups is 2. The van der Waals surface area contributed by atoms with Gasteiger partial charge in [-0.1, -0.05) is 17.7 Å². The van der Waals surface area contributed by atoms with Gasteiger partial charge < -0.3 is 19.3 Å². The van der Waals surface area contributed by atoms with Crippen molar-refractivity contribution in [3.8, 4) is 23.0 Å². The number of ketones is 1. The van der Waals surface area contributed by atoms with Gasteiger partial charge in [-0.15, -0.1) is 0 Å². The number of halogens is 1. The van der Waals surface area contributed by atoms with Crippen molar-refractivity contribution in [3.05, 3.63) is 81.9 Å². The maximum absolute atomic E-state index is 13.0. The van der Waals surface area contributed by atoms with Crippen LogP contribution in [0.2, 0.25) is 5.02 Å². The largest absolute Gasteiger partial charge is 0.507 e. The molecular weight excluding hydrogens is 408 g/mol. The van der Waals surface area contributed by atoms with Gasteiger partial charge in [-0.25, -0.2) is 0 Å². The fourth-order valence-electron chi connectivity index (χ4n) is 3.80. The number of rotatable bonds is 3. The van der Waals surface area contributed by atoms with Gasteiger partial charge >= 0.3 is 5.97 Å². The minimum atomic E-state index is -0.492. The number of phenolic OH excluding ortho intramolecular Hbond substituents is 1. The Balaban J connectivity index is 1.61. The Morgan fingerprint density at radius 1 is 0.967 bits per heavy atom. The van der Waals surface area contributed by atoms with Gasteiger partial charge in [-0.05, 0) is 54.1 Å². The van der Waals surface area contributed by atoms with E-state index < -0.39 is 11.9 Å². The zero-order chi connectivity index (χ0) is 20.8. The normalized spacial score (nSPS) is 16.7. The molecule has 0 aliphatic carbocycles. The third kappa shape index (κ3) is 3.06. The molecule has 0 spiro atoms. The summed E-state index contributed by atoms with van der Waals surface area (Å²) in [6.45, 7) is 0.132. The molecule has 0 fully saturated rings. The van der Waals surface area contributed by atoms with E-state index in [1.807, 2.05) is 6.07 Å². The first-order valence-corrected chi connectivity index (χ1v) is 9.65. The molecule has 3 aromatic rings. The summed E-state index contributed by atoms with van der Waals surface area (Å²) >= 11 is 5.90. The lowest BCUT2D eigenvalue weighted by atomic mass is 9.84. The zero-order valence-electron chi connectivity index (χ0n) is 15.6. The molecule has 0 bridgehead atoms. The summed E-state index contributed by atoms with van der Waals surface area (Å²) in [5.74, 6) is -0.0424. The molecule has 2 heterocycles. The van der Waals surface area contributed by atoms with Crippen molar-refractivity contribution in [2.45, 2.75) is 12.3 Å². The summed E-state index contributed by atoms with van der Waals surface area (Å²) in [7, 11) is 0. The highest BCUT2D eigenvalue weighted by Crippen LogP contribution is 2.47. The first-order chi connectivity index (χ1) is 14.5. The number of benzene rings is 3. The van der Waals surface area contributed by atoms with Crippen molar-refractivity contribution in [3.63, 3.8) is 0 Å². The lowest BCUT2D eigenvalue weighted by Crippen LogP contribution is -2.22. The van der Waals surface area contributed by atoms with Crippen LogP contribution >= 0.6 is 11.6 Å². The fourth-order valence-corrected chi connectivity index (χ4v) is 3.93.